The second-order valence-electron chi connectivity index (χ2n) is 7.79. The van der Waals surface area contributed by atoms with Gasteiger partial charge in [-0.1, -0.05) is 52.3 Å². The lowest BCUT2D eigenvalue weighted by Gasteiger charge is -2.30. The average molecular weight is 459 g/mol. The summed E-state index contributed by atoms with van der Waals surface area (Å²) in [6.45, 7) is 3.64. The van der Waals surface area contributed by atoms with Crippen molar-refractivity contribution in [1.29, 1.82) is 0 Å². The summed E-state index contributed by atoms with van der Waals surface area (Å²) < 4.78 is 0.874. The smallest absolute Gasteiger partial charge is 0.317 e. The minimum absolute atomic E-state index is 0.0963. The maximum Gasteiger partial charge on any atom is 0.317 e. The summed E-state index contributed by atoms with van der Waals surface area (Å²) in [5, 5.41) is 11.8. The molecule has 0 saturated carbocycles. The Morgan fingerprint density at radius 2 is 1.79 bits per heavy atom. The van der Waals surface area contributed by atoms with Crippen molar-refractivity contribution in [2.24, 2.45) is 0 Å². The second-order valence-corrected chi connectivity index (χ2v) is 8.64. The molecule has 2 aromatic rings. The Bertz CT molecular complexity index is 957. The molecule has 0 bridgehead atoms. The van der Waals surface area contributed by atoms with E-state index >= 15 is 0 Å². The minimum Gasteiger partial charge on any atom is -0.480 e. The number of carbonyl (C=O) groups is 3. The number of benzene rings is 2. The fourth-order valence-electron chi connectivity index (χ4n) is 3.60. The fourth-order valence-corrected chi connectivity index (χ4v) is 4.01. The van der Waals surface area contributed by atoms with E-state index in [4.69, 9.17) is 5.11 Å². The predicted molar refractivity (Wildman–Crippen MR) is 113 cm³/mol. The lowest BCUT2D eigenvalue weighted by Crippen LogP contribution is -2.45. The van der Waals surface area contributed by atoms with Crippen molar-refractivity contribution in [2.45, 2.75) is 38.4 Å². The number of nitrogens with one attached hydrogen (secondary N) is 1. The first-order valence-corrected chi connectivity index (χ1v) is 10.1. The van der Waals surface area contributed by atoms with Crippen molar-refractivity contribution in [3.63, 3.8) is 0 Å². The Hall–Kier alpha value is -2.51. The van der Waals surface area contributed by atoms with E-state index in [2.05, 4.69) is 21.2 Å². The van der Waals surface area contributed by atoms with E-state index in [0.29, 0.717) is 17.7 Å². The molecule has 0 spiro atoms. The molecular formula is C22H23BrN2O4. The number of hydrogen-bond donors (Lipinski definition) is 2. The molecule has 0 aromatic heterocycles. The summed E-state index contributed by atoms with van der Waals surface area (Å²) in [5.74, 6) is -1.29. The number of hydrogen-bond acceptors (Lipinski definition) is 4. The molecular weight excluding hydrogens is 436 g/mol. The van der Waals surface area contributed by atoms with Crippen LogP contribution in [0.2, 0.25) is 0 Å². The van der Waals surface area contributed by atoms with Crippen LogP contribution in [0.5, 0.6) is 0 Å². The first-order valence-electron chi connectivity index (χ1n) is 9.32. The van der Waals surface area contributed by atoms with Gasteiger partial charge in [-0.05, 0) is 37.1 Å². The highest BCUT2D eigenvalue weighted by Crippen LogP contribution is 2.37. The van der Waals surface area contributed by atoms with E-state index in [0.717, 1.165) is 10.0 Å². The zero-order valence-corrected chi connectivity index (χ0v) is 17.9. The van der Waals surface area contributed by atoms with E-state index in [1.807, 2.05) is 36.4 Å². The molecule has 1 atom stereocenters. The summed E-state index contributed by atoms with van der Waals surface area (Å²) >= 11 is 3.51. The second kappa shape index (κ2) is 8.47. The van der Waals surface area contributed by atoms with Gasteiger partial charge in [0, 0.05) is 28.5 Å². The third kappa shape index (κ3) is 4.74. The van der Waals surface area contributed by atoms with Crippen molar-refractivity contribution < 1.29 is 19.5 Å². The number of Topliss-reactive ketones (excluding diaryl/α,β-unsaturated/α-hetero) is 1. The first-order chi connectivity index (χ1) is 13.7. The van der Waals surface area contributed by atoms with Crippen molar-refractivity contribution in [3.05, 3.63) is 69.7 Å². The average Bonchev–Trinajstić information content (AvgIpc) is 2.94. The molecule has 0 fully saturated rings. The van der Waals surface area contributed by atoms with Crippen LogP contribution in [0.3, 0.4) is 0 Å². The highest BCUT2D eigenvalue weighted by molar-refractivity contribution is 9.10. The summed E-state index contributed by atoms with van der Waals surface area (Å²) in [7, 11) is 0. The Morgan fingerprint density at radius 3 is 2.48 bits per heavy atom. The van der Waals surface area contributed by atoms with Gasteiger partial charge in [-0.2, -0.15) is 0 Å². The lowest BCUT2D eigenvalue weighted by molar-refractivity contribution is -0.136. The molecule has 1 aliphatic rings. The largest absolute Gasteiger partial charge is 0.480 e. The topological polar surface area (TPSA) is 86.7 Å². The van der Waals surface area contributed by atoms with Crippen LogP contribution in [-0.4, -0.2) is 39.7 Å². The lowest BCUT2D eigenvalue weighted by atomic mass is 9.91. The van der Waals surface area contributed by atoms with Gasteiger partial charge in [-0.3, -0.25) is 14.4 Å². The molecule has 152 valence electrons. The molecule has 29 heavy (non-hydrogen) atoms. The van der Waals surface area contributed by atoms with E-state index in [-0.39, 0.29) is 24.7 Å². The number of aliphatic carboxylic acids is 1. The number of carboxylic acid groups (broad SMARTS) is 1. The summed E-state index contributed by atoms with van der Waals surface area (Å²) in [5.41, 5.74) is 1.43. The molecule has 0 saturated heterocycles. The molecule has 2 aromatic carbocycles. The molecule has 6 nitrogen and oxygen atoms in total. The van der Waals surface area contributed by atoms with Crippen molar-refractivity contribution in [1.82, 2.24) is 10.2 Å². The van der Waals surface area contributed by atoms with Crippen LogP contribution in [0.4, 0.5) is 0 Å². The van der Waals surface area contributed by atoms with Crippen LogP contribution >= 0.6 is 15.9 Å². The van der Waals surface area contributed by atoms with Crippen LogP contribution in [0.25, 0.3) is 0 Å². The number of fused-ring (bicyclic) bond motifs is 1. The predicted octanol–water partition coefficient (Wildman–Crippen LogP) is 3.56. The van der Waals surface area contributed by atoms with Gasteiger partial charge in [0.25, 0.3) is 5.91 Å². The number of rotatable bonds is 8. The van der Waals surface area contributed by atoms with E-state index in [1.165, 1.54) is 0 Å². The molecule has 0 aliphatic carbocycles. The first kappa shape index (κ1) is 21.2. The highest BCUT2D eigenvalue weighted by atomic mass is 79.9. The summed E-state index contributed by atoms with van der Waals surface area (Å²) in [6, 6.07) is 14.1. The Kier molecular flexibility index (Phi) is 6.19. The Morgan fingerprint density at radius 1 is 1.14 bits per heavy atom. The van der Waals surface area contributed by atoms with Crippen LogP contribution in [0.15, 0.2) is 53.0 Å². The SMILES string of the molecule is CC(C)(CC(=O)C1c2ccccc2C(=O)N1Cc1ccccc1Br)NCC(=O)O. The van der Waals surface area contributed by atoms with Gasteiger partial charge in [0.1, 0.15) is 6.04 Å². The Balaban J connectivity index is 1.90. The minimum atomic E-state index is -0.984. The monoisotopic (exact) mass is 458 g/mol. The number of ketones is 1. The number of amides is 1. The van der Waals surface area contributed by atoms with Crippen LogP contribution in [0, 0.1) is 0 Å². The van der Waals surface area contributed by atoms with Gasteiger partial charge in [0.15, 0.2) is 5.78 Å². The molecule has 0 radical (unpaired) electrons. The Labute approximate surface area is 178 Å². The van der Waals surface area contributed by atoms with E-state index < -0.39 is 17.6 Å². The molecule has 1 amide bonds. The third-order valence-electron chi connectivity index (χ3n) is 5.00. The molecule has 1 aliphatic heterocycles. The number of carboxylic acids is 1. The van der Waals surface area contributed by atoms with Gasteiger partial charge >= 0.3 is 5.97 Å². The fraction of sp³-hybridized carbons (Fsp3) is 0.318. The standard InChI is InChI=1S/C22H23BrN2O4/c1-22(2,24-12-19(27)28)11-18(26)20-15-8-4-5-9-16(15)21(29)25(20)13-14-7-3-6-10-17(14)23/h3-10,20,24H,11-13H2,1-2H3,(H,27,28). The number of nitrogens with zero attached hydrogens (tertiary/aromatic N) is 1. The van der Waals surface area contributed by atoms with Crippen LogP contribution in [0.1, 0.15) is 47.8 Å². The quantitative estimate of drug-likeness (QED) is 0.631. The zero-order valence-electron chi connectivity index (χ0n) is 16.3. The van der Waals surface area contributed by atoms with Gasteiger partial charge in [-0.25, -0.2) is 0 Å². The molecule has 1 heterocycles. The zero-order chi connectivity index (χ0) is 21.2. The van der Waals surface area contributed by atoms with Gasteiger partial charge in [-0.15, -0.1) is 0 Å². The van der Waals surface area contributed by atoms with Gasteiger partial charge < -0.3 is 15.3 Å². The van der Waals surface area contributed by atoms with Crippen molar-refractivity contribution in [3.8, 4) is 0 Å². The van der Waals surface area contributed by atoms with E-state index in [9.17, 15) is 14.4 Å². The maximum atomic E-state index is 13.3. The summed E-state index contributed by atoms with van der Waals surface area (Å²) in [4.78, 5) is 38.9. The third-order valence-corrected chi connectivity index (χ3v) is 5.77. The molecule has 3 rings (SSSR count). The number of carbonyl (C=O) groups excluding carboxylic acids is 2. The molecule has 7 heteroatoms. The van der Waals surface area contributed by atoms with Gasteiger partial charge in [0.2, 0.25) is 0 Å². The normalized spacial score (nSPS) is 16.0. The van der Waals surface area contributed by atoms with Crippen LogP contribution in [-0.2, 0) is 16.1 Å². The van der Waals surface area contributed by atoms with E-state index in [1.54, 1.807) is 30.9 Å². The maximum absolute atomic E-state index is 13.3. The highest BCUT2D eigenvalue weighted by Gasteiger charge is 2.42. The molecule has 1 unspecified atom stereocenters. The van der Waals surface area contributed by atoms with Crippen LogP contribution < -0.4 is 5.32 Å². The summed E-state index contributed by atoms with van der Waals surface area (Å²) in [6.07, 6.45) is 0.0963. The van der Waals surface area contributed by atoms with Gasteiger partial charge in [0.05, 0.1) is 6.54 Å². The number of halogens is 1. The molecule has 2 N–H and O–H groups in total. The van der Waals surface area contributed by atoms with Crippen molar-refractivity contribution in [2.75, 3.05) is 6.54 Å². The van der Waals surface area contributed by atoms with Crippen molar-refractivity contribution >= 4 is 33.6 Å².